The summed E-state index contributed by atoms with van der Waals surface area (Å²) in [5.41, 5.74) is 5.30. The van der Waals surface area contributed by atoms with Crippen molar-refractivity contribution < 1.29 is 9.50 Å². The van der Waals surface area contributed by atoms with Crippen molar-refractivity contribution >= 4 is 33.2 Å². The molecule has 5 heteroatoms. The number of nitrogens with zero attached hydrogens (tertiary/aromatic N) is 2. The summed E-state index contributed by atoms with van der Waals surface area (Å²) < 4.78 is 16.8. The first-order chi connectivity index (χ1) is 14.6. The molecule has 3 aromatic carbocycles. The fraction of sp³-hybridized carbons (Fsp3) is 0.0800. The van der Waals surface area contributed by atoms with Crippen LogP contribution in [0.2, 0.25) is 0 Å². The molecule has 3 heterocycles. The van der Waals surface area contributed by atoms with Crippen molar-refractivity contribution in [2.75, 3.05) is 0 Å². The largest absolute Gasteiger partial charge is 0.494 e. The molecule has 1 aliphatic heterocycles. The normalized spacial score (nSPS) is 15.7. The van der Waals surface area contributed by atoms with Crippen molar-refractivity contribution in [3.05, 3.63) is 95.4 Å². The van der Waals surface area contributed by atoms with E-state index < -0.39 is 5.92 Å². The smallest absolute Gasteiger partial charge is 0.201 e. The lowest BCUT2D eigenvalue weighted by Crippen LogP contribution is -2.12. The summed E-state index contributed by atoms with van der Waals surface area (Å²) in [5, 5.41) is 13.0. The van der Waals surface area contributed by atoms with Crippen LogP contribution in [0.3, 0.4) is 0 Å². The van der Waals surface area contributed by atoms with E-state index in [9.17, 15) is 5.11 Å². The Morgan fingerprint density at radius 3 is 2.60 bits per heavy atom. The third kappa shape index (κ3) is 2.17. The molecule has 2 aromatic heterocycles. The Kier molecular flexibility index (Phi) is 3.45. The zero-order valence-corrected chi connectivity index (χ0v) is 16.2. The molecule has 0 fully saturated rings. The van der Waals surface area contributed by atoms with Gasteiger partial charge in [0.05, 0.1) is 28.4 Å². The van der Waals surface area contributed by atoms with Gasteiger partial charge in [-0.05, 0) is 29.8 Å². The highest BCUT2D eigenvalue weighted by molar-refractivity contribution is 6.20. The van der Waals surface area contributed by atoms with E-state index in [-0.39, 0.29) is 11.7 Å². The van der Waals surface area contributed by atoms with Gasteiger partial charge in [-0.3, -0.25) is 4.99 Å². The van der Waals surface area contributed by atoms with E-state index in [1.54, 1.807) is 10.6 Å². The third-order valence-corrected chi connectivity index (χ3v) is 6.10. The van der Waals surface area contributed by atoms with Crippen LogP contribution < -0.4 is 0 Å². The van der Waals surface area contributed by atoms with Gasteiger partial charge in [-0.2, -0.15) is 0 Å². The minimum atomic E-state index is -0.422. The number of hydrogen-bond acceptors (Lipinski definition) is 2. The predicted octanol–water partition coefficient (Wildman–Crippen LogP) is 5.77. The van der Waals surface area contributed by atoms with Gasteiger partial charge >= 0.3 is 0 Å². The van der Waals surface area contributed by atoms with E-state index in [1.807, 2.05) is 67.8 Å². The van der Waals surface area contributed by atoms with E-state index >= 15 is 4.39 Å². The van der Waals surface area contributed by atoms with E-state index in [0.717, 1.165) is 27.4 Å². The molecule has 0 bridgehead atoms. The molecular formula is C25H18FN3O. The molecule has 1 unspecified atom stereocenters. The summed E-state index contributed by atoms with van der Waals surface area (Å²) in [6.07, 6.45) is 1.93. The lowest BCUT2D eigenvalue weighted by atomic mass is 9.85. The van der Waals surface area contributed by atoms with Crippen LogP contribution >= 0.6 is 0 Å². The maximum atomic E-state index is 15.1. The highest BCUT2D eigenvalue weighted by Gasteiger charge is 2.36. The number of benzene rings is 3. The van der Waals surface area contributed by atoms with Gasteiger partial charge in [-0.1, -0.05) is 42.5 Å². The first-order valence-corrected chi connectivity index (χ1v) is 9.85. The number of para-hydroxylation sites is 2. The number of H-pyrrole nitrogens is 1. The summed E-state index contributed by atoms with van der Waals surface area (Å²) in [6, 6.07) is 20.8. The number of aliphatic imine (C=N–C) groups is 1. The first-order valence-electron chi connectivity index (χ1n) is 9.85. The van der Waals surface area contributed by atoms with Gasteiger partial charge in [0.2, 0.25) is 5.88 Å². The Hall–Kier alpha value is -3.86. The summed E-state index contributed by atoms with van der Waals surface area (Å²) in [5.74, 6) is -0.580. The van der Waals surface area contributed by atoms with Crippen LogP contribution in [0.5, 0.6) is 5.88 Å². The Bertz CT molecular complexity index is 1490. The molecule has 1 atom stereocenters. The molecule has 2 N–H and O–H groups in total. The van der Waals surface area contributed by atoms with Gasteiger partial charge in [0.15, 0.2) is 0 Å². The van der Waals surface area contributed by atoms with E-state index in [4.69, 9.17) is 4.99 Å². The molecule has 0 amide bonds. The number of halogens is 1. The van der Waals surface area contributed by atoms with E-state index in [2.05, 4.69) is 4.98 Å². The molecule has 1 aliphatic rings. The lowest BCUT2D eigenvalue weighted by Gasteiger charge is -2.15. The van der Waals surface area contributed by atoms with Crippen molar-refractivity contribution in [2.45, 2.75) is 5.92 Å². The molecule has 4 nitrogen and oxygen atoms in total. The van der Waals surface area contributed by atoms with Crippen LogP contribution in [-0.2, 0) is 7.05 Å². The number of nitrogens with one attached hydrogen (secondary N) is 1. The summed E-state index contributed by atoms with van der Waals surface area (Å²) in [7, 11) is 1.82. The van der Waals surface area contributed by atoms with Crippen molar-refractivity contribution in [1.82, 2.24) is 9.55 Å². The number of aryl methyl sites for hydroxylation is 1. The van der Waals surface area contributed by atoms with Gasteiger partial charge in [-0.25, -0.2) is 4.39 Å². The van der Waals surface area contributed by atoms with Crippen molar-refractivity contribution in [3.8, 4) is 5.88 Å². The van der Waals surface area contributed by atoms with Gasteiger partial charge in [0, 0.05) is 35.1 Å². The molecule has 5 aromatic rings. The number of fused-ring (bicyclic) bond motifs is 3. The monoisotopic (exact) mass is 395 g/mol. The van der Waals surface area contributed by atoms with Gasteiger partial charge in [0.25, 0.3) is 0 Å². The molecule has 0 radical (unpaired) electrons. The minimum Gasteiger partial charge on any atom is -0.494 e. The Balaban J connectivity index is 1.69. The lowest BCUT2D eigenvalue weighted by molar-refractivity contribution is 0.434. The van der Waals surface area contributed by atoms with Crippen LogP contribution in [0.25, 0.3) is 21.8 Å². The third-order valence-electron chi connectivity index (χ3n) is 6.10. The van der Waals surface area contributed by atoms with Crippen LogP contribution in [0, 0.1) is 5.82 Å². The minimum absolute atomic E-state index is 0.132. The fourth-order valence-electron chi connectivity index (χ4n) is 4.71. The quantitative estimate of drug-likeness (QED) is 0.392. The Labute approximate surface area is 171 Å². The number of aromatic nitrogens is 2. The Morgan fingerprint density at radius 1 is 0.967 bits per heavy atom. The predicted molar refractivity (Wildman–Crippen MR) is 117 cm³/mol. The molecule has 6 rings (SSSR count). The number of rotatable bonds is 2. The van der Waals surface area contributed by atoms with Crippen LogP contribution in [0.15, 0.2) is 77.9 Å². The highest BCUT2D eigenvalue weighted by Crippen LogP contribution is 2.47. The SMILES string of the molecule is Cn1c(O)c(C2=Nc3cccc(F)c3C2c2c[nH]c3ccccc23)c2ccccc21. The zero-order valence-electron chi connectivity index (χ0n) is 16.2. The molecule has 146 valence electrons. The van der Waals surface area contributed by atoms with E-state index in [1.165, 1.54) is 6.07 Å². The average Bonchev–Trinajstić information content (AvgIpc) is 3.42. The summed E-state index contributed by atoms with van der Waals surface area (Å²) in [6.45, 7) is 0. The van der Waals surface area contributed by atoms with Crippen LogP contribution in [0.1, 0.15) is 22.6 Å². The maximum Gasteiger partial charge on any atom is 0.201 e. The molecule has 0 aliphatic carbocycles. The second-order valence-corrected chi connectivity index (χ2v) is 7.67. The molecule has 30 heavy (non-hydrogen) atoms. The highest BCUT2D eigenvalue weighted by atomic mass is 19.1. The first kappa shape index (κ1) is 17.0. The average molecular weight is 395 g/mol. The maximum absolute atomic E-state index is 15.1. The number of hydrogen-bond donors (Lipinski definition) is 2. The van der Waals surface area contributed by atoms with Gasteiger partial charge < -0.3 is 14.7 Å². The van der Waals surface area contributed by atoms with Crippen LogP contribution in [-0.4, -0.2) is 20.4 Å². The molecule has 0 saturated heterocycles. The Morgan fingerprint density at radius 2 is 1.73 bits per heavy atom. The summed E-state index contributed by atoms with van der Waals surface area (Å²) in [4.78, 5) is 8.14. The van der Waals surface area contributed by atoms with Crippen LogP contribution in [0.4, 0.5) is 10.1 Å². The van der Waals surface area contributed by atoms with Gasteiger partial charge in [-0.15, -0.1) is 0 Å². The topological polar surface area (TPSA) is 53.3 Å². The van der Waals surface area contributed by atoms with Crippen molar-refractivity contribution in [3.63, 3.8) is 0 Å². The molecule has 0 saturated carbocycles. The summed E-state index contributed by atoms with van der Waals surface area (Å²) >= 11 is 0. The molecular weight excluding hydrogens is 377 g/mol. The molecule has 0 spiro atoms. The number of aromatic hydroxyl groups is 1. The number of aromatic amines is 1. The second-order valence-electron chi connectivity index (χ2n) is 7.67. The van der Waals surface area contributed by atoms with Gasteiger partial charge in [0.1, 0.15) is 5.82 Å². The van der Waals surface area contributed by atoms with E-state index in [0.29, 0.717) is 22.5 Å². The standard InChI is InChI=1S/C25H18FN3O/c1-29-20-12-5-3-8-15(20)22(25(29)30)24-21(23-17(26)9-6-11-19(23)28-24)16-13-27-18-10-4-2-7-14(16)18/h2-13,21,27,30H,1H3. The van der Waals surface area contributed by atoms with Crippen molar-refractivity contribution in [2.24, 2.45) is 12.0 Å². The zero-order chi connectivity index (χ0) is 20.4. The van der Waals surface area contributed by atoms with Crippen molar-refractivity contribution in [1.29, 1.82) is 0 Å². The second kappa shape index (κ2) is 6.07. The fourth-order valence-corrected chi connectivity index (χ4v) is 4.71.